The van der Waals surface area contributed by atoms with E-state index in [0.29, 0.717) is 6.04 Å². The number of benzene rings is 3. The Bertz CT molecular complexity index is 834. The predicted molar refractivity (Wildman–Crippen MR) is 104 cm³/mol. The minimum atomic E-state index is 0.408. The summed E-state index contributed by atoms with van der Waals surface area (Å²) < 4.78 is 0. The van der Waals surface area contributed by atoms with Crippen LogP contribution in [0.1, 0.15) is 17.2 Å². The zero-order chi connectivity index (χ0) is 16.6. The Balaban J connectivity index is 1.43. The van der Waals surface area contributed by atoms with Gasteiger partial charge in [-0.1, -0.05) is 66.7 Å². The highest BCUT2D eigenvalue weighted by Gasteiger charge is 2.34. The van der Waals surface area contributed by atoms with Gasteiger partial charge in [-0.2, -0.15) is 0 Å². The third kappa shape index (κ3) is 2.45. The molecule has 0 N–H and O–H groups in total. The van der Waals surface area contributed by atoms with Crippen LogP contribution >= 0.6 is 0 Å². The average Bonchev–Trinajstić information content (AvgIpc) is 3.03. The molecule has 0 radical (unpaired) electrons. The predicted octanol–water partition coefficient (Wildman–Crippen LogP) is 4.58. The Morgan fingerprint density at radius 3 is 1.68 bits per heavy atom. The molecular weight excluding hydrogens is 304 g/mol. The summed E-state index contributed by atoms with van der Waals surface area (Å²) >= 11 is 0. The van der Waals surface area contributed by atoms with Crippen LogP contribution in [-0.4, -0.2) is 31.1 Å². The van der Waals surface area contributed by atoms with Gasteiger partial charge in [0, 0.05) is 31.9 Å². The van der Waals surface area contributed by atoms with Crippen molar-refractivity contribution in [2.75, 3.05) is 31.1 Å². The quantitative estimate of drug-likeness (QED) is 0.680. The van der Waals surface area contributed by atoms with Gasteiger partial charge in [-0.25, -0.2) is 0 Å². The van der Waals surface area contributed by atoms with Crippen molar-refractivity contribution in [3.05, 3.63) is 90.0 Å². The number of nitrogens with zero attached hydrogens (tertiary/aromatic N) is 2. The number of hydrogen-bond acceptors (Lipinski definition) is 2. The Hall–Kier alpha value is -2.58. The second kappa shape index (κ2) is 6.05. The molecule has 1 fully saturated rings. The number of anilines is 1. The first-order valence-corrected chi connectivity index (χ1v) is 9.14. The SMILES string of the molecule is c1ccc(N2CCN(C3c4ccccc4-c4ccccc43)CC2)cc1. The van der Waals surface area contributed by atoms with Gasteiger partial charge in [-0.05, 0) is 34.4 Å². The summed E-state index contributed by atoms with van der Waals surface area (Å²) in [5.41, 5.74) is 7.10. The average molecular weight is 326 g/mol. The summed E-state index contributed by atoms with van der Waals surface area (Å²) in [7, 11) is 0. The maximum absolute atomic E-state index is 2.66. The second-order valence-electron chi connectivity index (χ2n) is 6.94. The molecule has 0 amide bonds. The van der Waals surface area contributed by atoms with Crippen molar-refractivity contribution in [1.29, 1.82) is 0 Å². The van der Waals surface area contributed by atoms with Gasteiger partial charge in [-0.3, -0.25) is 4.90 Å². The molecule has 2 aliphatic rings. The first-order valence-electron chi connectivity index (χ1n) is 9.14. The number of fused-ring (bicyclic) bond motifs is 3. The van der Waals surface area contributed by atoms with E-state index in [4.69, 9.17) is 0 Å². The molecule has 124 valence electrons. The van der Waals surface area contributed by atoms with Crippen molar-refractivity contribution >= 4 is 5.69 Å². The lowest BCUT2D eigenvalue weighted by Crippen LogP contribution is -2.47. The smallest absolute Gasteiger partial charge is 0.0615 e. The lowest BCUT2D eigenvalue weighted by molar-refractivity contribution is 0.215. The van der Waals surface area contributed by atoms with E-state index in [-0.39, 0.29) is 0 Å². The molecule has 1 saturated heterocycles. The van der Waals surface area contributed by atoms with Gasteiger partial charge in [0.2, 0.25) is 0 Å². The maximum Gasteiger partial charge on any atom is 0.0615 e. The fourth-order valence-corrected chi connectivity index (χ4v) is 4.40. The minimum Gasteiger partial charge on any atom is -0.369 e. The van der Waals surface area contributed by atoms with Crippen molar-refractivity contribution in [3.63, 3.8) is 0 Å². The molecule has 2 nitrogen and oxygen atoms in total. The molecule has 0 unspecified atom stereocenters. The van der Waals surface area contributed by atoms with E-state index in [1.807, 2.05) is 0 Å². The Labute approximate surface area is 149 Å². The molecular formula is C23H22N2. The highest BCUT2D eigenvalue weighted by atomic mass is 15.3. The van der Waals surface area contributed by atoms with Crippen LogP contribution in [0.15, 0.2) is 78.9 Å². The largest absolute Gasteiger partial charge is 0.369 e. The summed E-state index contributed by atoms with van der Waals surface area (Å²) in [5.74, 6) is 0. The van der Waals surface area contributed by atoms with Crippen LogP contribution in [-0.2, 0) is 0 Å². The van der Waals surface area contributed by atoms with Gasteiger partial charge >= 0.3 is 0 Å². The molecule has 1 heterocycles. The summed E-state index contributed by atoms with van der Waals surface area (Å²) in [5, 5.41) is 0. The lowest BCUT2D eigenvalue weighted by Gasteiger charge is -2.39. The van der Waals surface area contributed by atoms with Gasteiger partial charge in [-0.15, -0.1) is 0 Å². The highest BCUT2D eigenvalue weighted by molar-refractivity contribution is 5.78. The fraction of sp³-hybridized carbons (Fsp3) is 0.217. The highest BCUT2D eigenvalue weighted by Crippen LogP contribution is 2.46. The van der Waals surface area contributed by atoms with E-state index in [9.17, 15) is 0 Å². The fourth-order valence-electron chi connectivity index (χ4n) is 4.40. The van der Waals surface area contributed by atoms with Crippen LogP contribution in [0.2, 0.25) is 0 Å². The van der Waals surface area contributed by atoms with Crippen molar-refractivity contribution in [1.82, 2.24) is 4.90 Å². The Morgan fingerprint density at radius 1 is 0.560 bits per heavy atom. The second-order valence-corrected chi connectivity index (χ2v) is 6.94. The topological polar surface area (TPSA) is 6.48 Å². The van der Waals surface area contributed by atoms with Crippen LogP contribution in [0.3, 0.4) is 0 Å². The Kier molecular flexibility index (Phi) is 3.57. The summed E-state index contributed by atoms with van der Waals surface area (Å²) in [4.78, 5) is 5.16. The van der Waals surface area contributed by atoms with E-state index in [2.05, 4.69) is 88.7 Å². The maximum atomic E-state index is 2.66. The molecule has 0 saturated carbocycles. The van der Waals surface area contributed by atoms with Gasteiger partial charge in [0.05, 0.1) is 6.04 Å². The minimum absolute atomic E-state index is 0.408. The molecule has 5 rings (SSSR count). The monoisotopic (exact) mass is 326 g/mol. The number of hydrogen-bond donors (Lipinski definition) is 0. The van der Waals surface area contributed by atoms with Gasteiger partial charge < -0.3 is 4.90 Å². The van der Waals surface area contributed by atoms with E-state index < -0.39 is 0 Å². The molecule has 0 aromatic heterocycles. The molecule has 3 aromatic carbocycles. The van der Waals surface area contributed by atoms with Gasteiger partial charge in [0.1, 0.15) is 0 Å². The normalized spacial score (nSPS) is 17.4. The van der Waals surface area contributed by atoms with Gasteiger partial charge in [0.15, 0.2) is 0 Å². The lowest BCUT2D eigenvalue weighted by atomic mass is 10.0. The first kappa shape index (κ1) is 14.7. The molecule has 0 bridgehead atoms. The van der Waals surface area contributed by atoms with Gasteiger partial charge in [0.25, 0.3) is 0 Å². The third-order valence-corrected chi connectivity index (χ3v) is 5.60. The van der Waals surface area contributed by atoms with E-state index in [1.165, 1.54) is 27.9 Å². The van der Waals surface area contributed by atoms with Crippen molar-refractivity contribution in [2.45, 2.75) is 6.04 Å². The molecule has 2 heteroatoms. The van der Waals surface area contributed by atoms with Crippen LogP contribution in [0, 0.1) is 0 Å². The molecule has 0 spiro atoms. The number of piperazine rings is 1. The van der Waals surface area contributed by atoms with Crippen molar-refractivity contribution in [3.8, 4) is 11.1 Å². The van der Waals surface area contributed by atoms with Crippen molar-refractivity contribution < 1.29 is 0 Å². The van der Waals surface area contributed by atoms with Crippen LogP contribution < -0.4 is 4.90 Å². The molecule has 0 atom stereocenters. The van der Waals surface area contributed by atoms with E-state index in [0.717, 1.165) is 26.2 Å². The van der Waals surface area contributed by atoms with Crippen molar-refractivity contribution in [2.24, 2.45) is 0 Å². The third-order valence-electron chi connectivity index (χ3n) is 5.60. The molecule has 3 aromatic rings. The summed E-state index contributed by atoms with van der Waals surface area (Å²) in [6.07, 6.45) is 0. The molecule has 1 aliphatic heterocycles. The summed E-state index contributed by atoms with van der Waals surface area (Å²) in [6.45, 7) is 4.38. The molecule has 1 aliphatic carbocycles. The van der Waals surface area contributed by atoms with Crippen LogP contribution in [0.4, 0.5) is 5.69 Å². The van der Waals surface area contributed by atoms with E-state index in [1.54, 1.807) is 0 Å². The zero-order valence-corrected chi connectivity index (χ0v) is 14.3. The van der Waals surface area contributed by atoms with Crippen LogP contribution in [0.25, 0.3) is 11.1 Å². The zero-order valence-electron chi connectivity index (χ0n) is 14.3. The standard InChI is InChI=1S/C23H22N2/c1-2-8-18(9-3-1)24-14-16-25(17-15-24)23-21-12-6-4-10-19(21)20-11-5-7-13-22(20)23/h1-13,23H,14-17H2. The number of rotatable bonds is 2. The summed E-state index contributed by atoms with van der Waals surface area (Å²) in [6, 6.07) is 29.0. The van der Waals surface area contributed by atoms with E-state index >= 15 is 0 Å². The number of para-hydroxylation sites is 1. The first-order chi connectivity index (χ1) is 12.4. The van der Waals surface area contributed by atoms with Crippen LogP contribution in [0.5, 0.6) is 0 Å². The Morgan fingerprint density at radius 2 is 1.08 bits per heavy atom. The molecule has 25 heavy (non-hydrogen) atoms.